The first-order valence-electron chi connectivity index (χ1n) is 8.74. The van der Waals surface area contributed by atoms with Gasteiger partial charge in [-0.1, -0.05) is 12.1 Å². The third kappa shape index (κ3) is 4.62. The van der Waals surface area contributed by atoms with Gasteiger partial charge in [0.2, 0.25) is 0 Å². The normalized spacial score (nSPS) is 11.9. The van der Waals surface area contributed by atoms with Crippen molar-refractivity contribution in [3.05, 3.63) is 59.2 Å². The van der Waals surface area contributed by atoms with Crippen molar-refractivity contribution in [1.82, 2.24) is 14.9 Å². The molecule has 0 aliphatic heterocycles. The number of hydrogen-bond acceptors (Lipinski definition) is 4. The monoisotopic (exact) mass is 326 g/mol. The van der Waals surface area contributed by atoms with Gasteiger partial charge in [0.05, 0.1) is 16.9 Å². The topological polar surface area (TPSA) is 55.0 Å². The van der Waals surface area contributed by atoms with Crippen molar-refractivity contribution < 1.29 is 0 Å². The van der Waals surface area contributed by atoms with Gasteiger partial charge in [0.25, 0.3) is 0 Å². The maximum absolute atomic E-state index is 5.69. The molecule has 0 aromatic carbocycles. The Balaban J connectivity index is 2.26. The van der Waals surface area contributed by atoms with E-state index < -0.39 is 0 Å². The van der Waals surface area contributed by atoms with Crippen LogP contribution in [-0.2, 0) is 12.1 Å². The molecule has 4 nitrogen and oxygen atoms in total. The highest BCUT2D eigenvalue weighted by Gasteiger charge is 2.30. The summed E-state index contributed by atoms with van der Waals surface area (Å²) in [5.41, 5.74) is 10.2. The second-order valence-electron chi connectivity index (χ2n) is 6.97. The molecule has 0 saturated heterocycles. The summed E-state index contributed by atoms with van der Waals surface area (Å²) in [6.07, 6.45) is 5.94. The van der Waals surface area contributed by atoms with Crippen LogP contribution in [0.4, 0.5) is 0 Å². The number of pyridine rings is 2. The maximum Gasteiger partial charge on any atom is 0.0601 e. The lowest BCUT2D eigenvalue weighted by molar-refractivity contribution is 0.102. The van der Waals surface area contributed by atoms with Crippen molar-refractivity contribution >= 4 is 0 Å². The second-order valence-corrected chi connectivity index (χ2v) is 6.97. The van der Waals surface area contributed by atoms with Crippen molar-refractivity contribution in [3.63, 3.8) is 0 Å². The van der Waals surface area contributed by atoms with E-state index >= 15 is 0 Å². The second kappa shape index (κ2) is 8.36. The van der Waals surface area contributed by atoms with Crippen molar-refractivity contribution in [3.8, 4) is 0 Å². The fraction of sp³-hybridized carbons (Fsp3) is 0.500. The van der Waals surface area contributed by atoms with Crippen LogP contribution in [0.3, 0.4) is 0 Å². The Kier molecular flexibility index (Phi) is 6.46. The number of hydrogen-bond donors (Lipinski definition) is 1. The van der Waals surface area contributed by atoms with E-state index in [0.717, 1.165) is 43.9 Å². The lowest BCUT2D eigenvalue weighted by atomic mass is 9.95. The Morgan fingerprint density at radius 3 is 2.54 bits per heavy atom. The predicted molar refractivity (Wildman–Crippen MR) is 99.7 cm³/mol. The Morgan fingerprint density at radius 2 is 1.92 bits per heavy atom. The summed E-state index contributed by atoms with van der Waals surface area (Å²) >= 11 is 0. The lowest BCUT2D eigenvalue weighted by Gasteiger charge is -2.38. The number of aromatic nitrogens is 2. The lowest BCUT2D eigenvalue weighted by Crippen LogP contribution is -2.42. The molecule has 2 aromatic heterocycles. The number of nitrogens with zero attached hydrogens (tertiary/aromatic N) is 3. The first-order chi connectivity index (χ1) is 11.4. The van der Waals surface area contributed by atoms with Gasteiger partial charge in [-0.05, 0) is 76.9 Å². The zero-order chi connectivity index (χ0) is 17.6. The minimum absolute atomic E-state index is 0.158. The molecular weight excluding hydrogens is 296 g/mol. The molecule has 0 aliphatic rings. The van der Waals surface area contributed by atoms with Crippen LogP contribution in [0, 0.1) is 13.8 Å². The molecule has 0 saturated carbocycles. The van der Waals surface area contributed by atoms with Gasteiger partial charge in [-0.15, -0.1) is 0 Å². The van der Waals surface area contributed by atoms with Gasteiger partial charge in [0.1, 0.15) is 0 Å². The zero-order valence-corrected chi connectivity index (χ0v) is 15.4. The molecule has 130 valence electrons. The van der Waals surface area contributed by atoms with Crippen molar-refractivity contribution in [2.24, 2.45) is 5.73 Å². The number of nitrogens with two attached hydrogens (primary N) is 1. The number of aryl methyl sites for hydroxylation is 2. The van der Waals surface area contributed by atoms with Crippen LogP contribution in [0.5, 0.6) is 0 Å². The standard InChI is InChI=1S/C20H30N4/c1-16-13-17(2)18(23-14-16)15-24(12-8-6-10-21)20(3,4)19-9-5-7-11-22-19/h5,7,9,11,13-14H,6,8,10,12,15,21H2,1-4H3. The molecule has 0 amide bonds. The van der Waals surface area contributed by atoms with E-state index in [2.05, 4.69) is 60.8 Å². The third-order valence-corrected chi connectivity index (χ3v) is 4.63. The van der Waals surface area contributed by atoms with Crippen LogP contribution >= 0.6 is 0 Å². The molecule has 4 heteroatoms. The van der Waals surface area contributed by atoms with Gasteiger partial charge >= 0.3 is 0 Å². The van der Waals surface area contributed by atoms with Gasteiger partial charge in [-0.2, -0.15) is 0 Å². The highest BCUT2D eigenvalue weighted by atomic mass is 15.2. The molecule has 0 aliphatic carbocycles. The van der Waals surface area contributed by atoms with E-state index in [0.29, 0.717) is 0 Å². The van der Waals surface area contributed by atoms with Crippen molar-refractivity contribution in [2.45, 2.75) is 52.6 Å². The van der Waals surface area contributed by atoms with Gasteiger partial charge < -0.3 is 5.73 Å². The molecule has 2 heterocycles. The molecule has 0 radical (unpaired) electrons. The highest BCUT2D eigenvalue weighted by Crippen LogP contribution is 2.28. The molecule has 24 heavy (non-hydrogen) atoms. The molecule has 2 rings (SSSR count). The van der Waals surface area contributed by atoms with Gasteiger partial charge in [0.15, 0.2) is 0 Å². The fourth-order valence-corrected chi connectivity index (χ4v) is 2.98. The van der Waals surface area contributed by atoms with E-state index in [1.807, 2.05) is 18.5 Å². The Bertz CT molecular complexity index is 637. The number of rotatable bonds is 8. The van der Waals surface area contributed by atoms with Gasteiger partial charge in [-0.25, -0.2) is 0 Å². The summed E-state index contributed by atoms with van der Waals surface area (Å²) < 4.78 is 0. The molecule has 0 bridgehead atoms. The average molecular weight is 326 g/mol. The summed E-state index contributed by atoms with van der Waals surface area (Å²) in [5, 5.41) is 0. The van der Waals surface area contributed by atoms with Crippen LogP contribution in [-0.4, -0.2) is 28.0 Å². The van der Waals surface area contributed by atoms with Crippen LogP contribution in [0.1, 0.15) is 49.2 Å². The van der Waals surface area contributed by atoms with Crippen LogP contribution < -0.4 is 5.73 Å². The smallest absolute Gasteiger partial charge is 0.0601 e. The summed E-state index contributed by atoms with van der Waals surface area (Å²) in [6, 6.07) is 8.32. The predicted octanol–water partition coefficient (Wildman–Crippen LogP) is 3.57. The van der Waals surface area contributed by atoms with E-state index in [4.69, 9.17) is 5.73 Å². The minimum Gasteiger partial charge on any atom is -0.330 e. The summed E-state index contributed by atoms with van der Waals surface area (Å²) in [6.45, 7) is 11.2. The molecular formula is C20H30N4. The highest BCUT2D eigenvalue weighted by molar-refractivity contribution is 5.24. The summed E-state index contributed by atoms with van der Waals surface area (Å²) in [7, 11) is 0. The largest absolute Gasteiger partial charge is 0.330 e. The van der Waals surface area contributed by atoms with E-state index in [1.165, 1.54) is 11.1 Å². The van der Waals surface area contributed by atoms with E-state index in [9.17, 15) is 0 Å². The van der Waals surface area contributed by atoms with Crippen LogP contribution in [0.25, 0.3) is 0 Å². The molecule has 2 aromatic rings. The average Bonchev–Trinajstić information content (AvgIpc) is 2.57. The quantitative estimate of drug-likeness (QED) is 0.754. The van der Waals surface area contributed by atoms with E-state index in [-0.39, 0.29) is 5.54 Å². The van der Waals surface area contributed by atoms with Crippen LogP contribution in [0.2, 0.25) is 0 Å². The first kappa shape index (κ1) is 18.6. The molecule has 0 unspecified atom stereocenters. The SMILES string of the molecule is Cc1cnc(CN(CCCCN)C(C)(C)c2ccccn2)c(C)c1. The van der Waals surface area contributed by atoms with Crippen molar-refractivity contribution in [2.75, 3.05) is 13.1 Å². The maximum atomic E-state index is 5.69. The Hall–Kier alpha value is -1.78. The molecule has 0 spiro atoms. The number of unbranched alkanes of at least 4 members (excludes halogenated alkanes) is 1. The minimum atomic E-state index is -0.158. The first-order valence-corrected chi connectivity index (χ1v) is 8.74. The molecule has 2 N–H and O–H groups in total. The fourth-order valence-electron chi connectivity index (χ4n) is 2.98. The van der Waals surface area contributed by atoms with Gasteiger partial charge in [-0.3, -0.25) is 14.9 Å². The Morgan fingerprint density at radius 1 is 1.12 bits per heavy atom. The zero-order valence-electron chi connectivity index (χ0n) is 15.4. The summed E-state index contributed by atoms with van der Waals surface area (Å²) in [4.78, 5) is 11.7. The Labute approximate surface area is 146 Å². The van der Waals surface area contributed by atoms with Gasteiger partial charge in [0, 0.05) is 18.9 Å². The van der Waals surface area contributed by atoms with E-state index in [1.54, 1.807) is 0 Å². The van der Waals surface area contributed by atoms with Crippen molar-refractivity contribution in [1.29, 1.82) is 0 Å². The molecule has 0 atom stereocenters. The third-order valence-electron chi connectivity index (χ3n) is 4.63. The molecule has 0 fully saturated rings. The van der Waals surface area contributed by atoms with Crippen LogP contribution in [0.15, 0.2) is 36.7 Å². The summed E-state index contributed by atoms with van der Waals surface area (Å²) in [5.74, 6) is 0.